The molecule has 0 bridgehead atoms. The Hall–Kier alpha value is -1.61. The average molecular weight is 271 g/mol. The molecule has 1 aromatic heterocycles. The summed E-state index contributed by atoms with van der Waals surface area (Å²) in [6.45, 7) is 10.7. The van der Waals surface area contributed by atoms with Gasteiger partial charge in [-0.3, -0.25) is 4.68 Å². The molecule has 20 heavy (non-hydrogen) atoms. The van der Waals surface area contributed by atoms with E-state index in [0.29, 0.717) is 5.92 Å². The monoisotopic (exact) mass is 271 g/mol. The van der Waals surface area contributed by atoms with Crippen LogP contribution in [-0.2, 0) is 13.6 Å². The summed E-state index contributed by atoms with van der Waals surface area (Å²) in [6, 6.07) is 6.42. The Balaban J connectivity index is 2.29. The number of aromatic nitrogens is 2. The second kappa shape index (κ2) is 6.23. The molecule has 0 aliphatic heterocycles. The van der Waals surface area contributed by atoms with Crippen LogP contribution in [0.25, 0.3) is 11.3 Å². The van der Waals surface area contributed by atoms with Gasteiger partial charge in [0, 0.05) is 30.9 Å². The molecule has 0 unspecified atom stereocenters. The van der Waals surface area contributed by atoms with Crippen molar-refractivity contribution in [3.63, 3.8) is 0 Å². The van der Waals surface area contributed by atoms with Crippen LogP contribution in [-0.4, -0.2) is 16.3 Å². The standard InChI is InChI=1S/C17H25N3/c1-12(2)9-18-10-15-11-20(5)19-17(15)16-8-6-7-13(3)14(16)4/h6-8,11-12,18H,9-10H2,1-5H3. The van der Waals surface area contributed by atoms with Gasteiger partial charge in [0.1, 0.15) is 0 Å². The number of nitrogens with zero attached hydrogens (tertiary/aromatic N) is 2. The quantitative estimate of drug-likeness (QED) is 0.902. The van der Waals surface area contributed by atoms with Gasteiger partial charge in [-0.2, -0.15) is 5.10 Å². The molecule has 3 heteroatoms. The predicted molar refractivity (Wildman–Crippen MR) is 84.7 cm³/mol. The molecule has 0 aliphatic carbocycles. The highest BCUT2D eigenvalue weighted by molar-refractivity contribution is 5.67. The molecule has 0 radical (unpaired) electrons. The van der Waals surface area contributed by atoms with Gasteiger partial charge in [-0.15, -0.1) is 0 Å². The number of benzene rings is 1. The van der Waals surface area contributed by atoms with E-state index >= 15 is 0 Å². The van der Waals surface area contributed by atoms with Crippen molar-refractivity contribution in [3.8, 4) is 11.3 Å². The van der Waals surface area contributed by atoms with Crippen LogP contribution in [0.2, 0.25) is 0 Å². The van der Waals surface area contributed by atoms with Crippen LogP contribution < -0.4 is 5.32 Å². The largest absolute Gasteiger partial charge is 0.312 e. The molecule has 0 saturated heterocycles. The zero-order valence-electron chi connectivity index (χ0n) is 13.2. The van der Waals surface area contributed by atoms with Crippen molar-refractivity contribution in [2.45, 2.75) is 34.2 Å². The van der Waals surface area contributed by atoms with Gasteiger partial charge < -0.3 is 5.32 Å². The second-order valence-electron chi connectivity index (χ2n) is 5.95. The van der Waals surface area contributed by atoms with Gasteiger partial charge in [0.2, 0.25) is 0 Å². The van der Waals surface area contributed by atoms with E-state index in [-0.39, 0.29) is 0 Å². The average Bonchev–Trinajstić information content (AvgIpc) is 2.73. The van der Waals surface area contributed by atoms with E-state index in [1.165, 1.54) is 22.3 Å². The number of rotatable bonds is 5. The van der Waals surface area contributed by atoms with E-state index in [1.54, 1.807) is 0 Å². The minimum atomic E-state index is 0.663. The number of hydrogen-bond donors (Lipinski definition) is 1. The van der Waals surface area contributed by atoms with E-state index in [4.69, 9.17) is 0 Å². The van der Waals surface area contributed by atoms with Gasteiger partial charge in [-0.25, -0.2) is 0 Å². The highest BCUT2D eigenvalue weighted by Gasteiger charge is 2.12. The Morgan fingerprint density at radius 2 is 2.00 bits per heavy atom. The fraction of sp³-hybridized carbons (Fsp3) is 0.471. The van der Waals surface area contributed by atoms with Crippen molar-refractivity contribution in [1.82, 2.24) is 15.1 Å². The van der Waals surface area contributed by atoms with Crippen LogP contribution in [0.3, 0.4) is 0 Å². The molecular formula is C17H25N3. The zero-order valence-corrected chi connectivity index (χ0v) is 13.2. The van der Waals surface area contributed by atoms with Crippen molar-refractivity contribution in [2.75, 3.05) is 6.54 Å². The molecule has 0 saturated carbocycles. The Kier molecular flexibility index (Phi) is 4.61. The summed E-state index contributed by atoms with van der Waals surface area (Å²) in [4.78, 5) is 0. The highest BCUT2D eigenvalue weighted by Crippen LogP contribution is 2.27. The minimum Gasteiger partial charge on any atom is -0.312 e. The molecule has 3 nitrogen and oxygen atoms in total. The first-order valence-corrected chi connectivity index (χ1v) is 7.29. The first kappa shape index (κ1) is 14.8. The molecule has 0 atom stereocenters. The summed E-state index contributed by atoms with van der Waals surface area (Å²) >= 11 is 0. The normalized spacial score (nSPS) is 11.3. The molecule has 108 valence electrons. The molecule has 2 aromatic rings. The predicted octanol–water partition coefficient (Wildman–Crippen LogP) is 3.45. The van der Waals surface area contributed by atoms with Crippen molar-refractivity contribution in [2.24, 2.45) is 13.0 Å². The first-order chi connectivity index (χ1) is 9.49. The molecule has 0 spiro atoms. The van der Waals surface area contributed by atoms with Crippen LogP contribution in [0.4, 0.5) is 0 Å². The van der Waals surface area contributed by atoms with Gasteiger partial charge in [-0.1, -0.05) is 32.0 Å². The lowest BCUT2D eigenvalue weighted by Crippen LogP contribution is -2.19. The van der Waals surface area contributed by atoms with Gasteiger partial charge >= 0.3 is 0 Å². The highest BCUT2D eigenvalue weighted by atomic mass is 15.3. The maximum atomic E-state index is 4.66. The minimum absolute atomic E-state index is 0.663. The maximum absolute atomic E-state index is 4.66. The molecule has 0 amide bonds. The summed E-state index contributed by atoms with van der Waals surface area (Å²) in [5.74, 6) is 0.663. The summed E-state index contributed by atoms with van der Waals surface area (Å²) < 4.78 is 1.91. The number of hydrogen-bond acceptors (Lipinski definition) is 2. The smallest absolute Gasteiger partial charge is 0.0970 e. The van der Waals surface area contributed by atoms with E-state index in [0.717, 1.165) is 18.8 Å². The Morgan fingerprint density at radius 1 is 1.25 bits per heavy atom. The van der Waals surface area contributed by atoms with Gasteiger partial charge in [0.25, 0.3) is 0 Å². The molecule has 0 aliphatic rings. The van der Waals surface area contributed by atoms with Crippen molar-refractivity contribution >= 4 is 0 Å². The summed E-state index contributed by atoms with van der Waals surface area (Å²) in [6.07, 6.45) is 2.12. The number of nitrogens with one attached hydrogen (secondary N) is 1. The Labute approximate surface area is 122 Å². The SMILES string of the molecule is Cc1cccc(-c2nn(C)cc2CNCC(C)C)c1C. The van der Waals surface area contributed by atoms with Crippen LogP contribution in [0.15, 0.2) is 24.4 Å². The molecule has 2 rings (SSSR count). The fourth-order valence-corrected chi connectivity index (χ4v) is 2.40. The van der Waals surface area contributed by atoms with Crippen LogP contribution >= 0.6 is 0 Å². The molecule has 1 heterocycles. The number of aryl methyl sites for hydroxylation is 2. The third kappa shape index (κ3) is 3.28. The van der Waals surface area contributed by atoms with E-state index in [2.05, 4.69) is 62.5 Å². The molecule has 0 fully saturated rings. The van der Waals surface area contributed by atoms with Crippen LogP contribution in [0, 0.1) is 19.8 Å². The molecular weight excluding hydrogens is 246 g/mol. The lowest BCUT2D eigenvalue weighted by molar-refractivity contribution is 0.552. The van der Waals surface area contributed by atoms with Crippen molar-refractivity contribution in [1.29, 1.82) is 0 Å². The summed E-state index contributed by atoms with van der Waals surface area (Å²) in [7, 11) is 1.99. The third-order valence-corrected chi connectivity index (χ3v) is 3.63. The lowest BCUT2D eigenvalue weighted by atomic mass is 9.99. The van der Waals surface area contributed by atoms with E-state index in [1.807, 2.05) is 11.7 Å². The van der Waals surface area contributed by atoms with Crippen LogP contribution in [0.1, 0.15) is 30.5 Å². The van der Waals surface area contributed by atoms with Crippen molar-refractivity contribution in [3.05, 3.63) is 41.1 Å². The Morgan fingerprint density at radius 3 is 2.70 bits per heavy atom. The van der Waals surface area contributed by atoms with E-state index < -0.39 is 0 Å². The lowest BCUT2D eigenvalue weighted by Gasteiger charge is -2.10. The zero-order chi connectivity index (χ0) is 14.7. The van der Waals surface area contributed by atoms with E-state index in [9.17, 15) is 0 Å². The second-order valence-corrected chi connectivity index (χ2v) is 5.95. The molecule has 1 N–H and O–H groups in total. The fourth-order valence-electron chi connectivity index (χ4n) is 2.40. The van der Waals surface area contributed by atoms with Gasteiger partial charge in [0.15, 0.2) is 0 Å². The Bertz CT molecular complexity index is 582. The topological polar surface area (TPSA) is 29.9 Å². The third-order valence-electron chi connectivity index (χ3n) is 3.63. The summed E-state index contributed by atoms with van der Waals surface area (Å²) in [5.41, 5.74) is 6.24. The maximum Gasteiger partial charge on any atom is 0.0970 e. The van der Waals surface area contributed by atoms with Gasteiger partial charge in [-0.05, 0) is 37.4 Å². The summed E-state index contributed by atoms with van der Waals surface area (Å²) in [5, 5.41) is 8.16. The molecule has 1 aromatic carbocycles. The van der Waals surface area contributed by atoms with Crippen molar-refractivity contribution < 1.29 is 0 Å². The van der Waals surface area contributed by atoms with Gasteiger partial charge in [0.05, 0.1) is 5.69 Å². The van der Waals surface area contributed by atoms with Crippen LogP contribution in [0.5, 0.6) is 0 Å². The first-order valence-electron chi connectivity index (χ1n) is 7.29.